The smallest absolute Gasteiger partial charge is 0.420 e. The van der Waals surface area contributed by atoms with Crippen LogP contribution in [0.2, 0.25) is 5.02 Å². The first-order valence-corrected chi connectivity index (χ1v) is 8.24. The molecule has 1 atom stereocenters. The Morgan fingerprint density at radius 3 is 2.72 bits per heavy atom. The number of hydrogen-bond acceptors (Lipinski definition) is 1. The highest BCUT2D eigenvalue weighted by Gasteiger charge is 2.35. The van der Waals surface area contributed by atoms with Crippen molar-refractivity contribution >= 4 is 22.5 Å². The van der Waals surface area contributed by atoms with Crippen LogP contribution in [-0.4, -0.2) is 4.98 Å². The van der Waals surface area contributed by atoms with E-state index in [0.717, 1.165) is 29.0 Å². The molecular weight excluding hydrogens is 351 g/mol. The summed E-state index contributed by atoms with van der Waals surface area (Å²) in [5, 5.41) is 0.796. The Morgan fingerprint density at radius 1 is 1.28 bits per heavy atom. The van der Waals surface area contributed by atoms with Crippen molar-refractivity contribution in [3.63, 3.8) is 0 Å². The molecule has 0 aliphatic carbocycles. The highest BCUT2D eigenvalue weighted by atomic mass is 35.5. The Hall–Kier alpha value is -2.14. The third kappa shape index (κ3) is 3.47. The van der Waals surface area contributed by atoms with Gasteiger partial charge in [-0.3, -0.25) is 0 Å². The molecule has 0 bridgehead atoms. The largest absolute Gasteiger partial charge is 0.455 e. The van der Waals surface area contributed by atoms with E-state index in [1.807, 2.05) is 6.20 Å². The number of nitrogens with one attached hydrogen (secondary N) is 1. The maximum atomic E-state index is 13.2. The molecule has 3 rings (SSSR count). The van der Waals surface area contributed by atoms with E-state index in [0.29, 0.717) is 11.7 Å². The van der Waals surface area contributed by atoms with Gasteiger partial charge in [-0.25, -0.2) is 0 Å². The number of ether oxygens (including phenoxy) is 1. The van der Waals surface area contributed by atoms with Gasteiger partial charge in [-0.15, -0.1) is 0 Å². The van der Waals surface area contributed by atoms with Crippen molar-refractivity contribution in [2.24, 2.45) is 0 Å². The summed E-state index contributed by atoms with van der Waals surface area (Å²) in [6, 6.07) is 9.61. The maximum Gasteiger partial charge on any atom is 0.420 e. The highest BCUT2D eigenvalue weighted by Crippen LogP contribution is 2.42. The molecule has 1 heterocycles. The molecule has 2 nitrogen and oxygen atoms in total. The van der Waals surface area contributed by atoms with Gasteiger partial charge in [0.1, 0.15) is 11.3 Å². The fourth-order valence-corrected chi connectivity index (χ4v) is 2.91. The zero-order valence-electron chi connectivity index (χ0n) is 13.7. The molecule has 0 spiro atoms. The number of hydrogen-bond donors (Lipinski definition) is 1. The van der Waals surface area contributed by atoms with E-state index in [9.17, 15) is 13.2 Å². The van der Waals surface area contributed by atoms with Crippen LogP contribution in [0.4, 0.5) is 13.2 Å². The van der Waals surface area contributed by atoms with Gasteiger partial charge < -0.3 is 9.72 Å². The van der Waals surface area contributed by atoms with Crippen molar-refractivity contribution in [2.45, 2.75) is 32.4 Å². The number of alkyl halides is 3. The average Bonchev–Trinajstić information content (AvgIpc) is 2.98. The second kappa shape index (κ2) is 6.64. The first-order valence-electron chi connectivity index (χ1n) is 7.87. The number of aromatic amines is 1. The molecule has 25 heavy (non-hydrogen) atoms. The Morgan fingerprint density at radius 2 is 2.04 bits per heavy atom. The number of fused-ring (bicyclic) bond motifs is 1. The fraction of sp³-hybridized carbons (Fsp3) is 0.263. The molecule has 0 aliphatic heterocycles. The molecule has 0 amide bonds. The summed E-state index contributed by atoms with van der Waals surface area (Å²) in [5.41, 5.74) is 1.06. The van der Waals surface area contributed by atoms with Crippen LogP contribution in [0.1, 0.15) is 37.3 Å². The second-order valence-corrected chi connectivity index (χ2v) is 6.31. The standard InChI is InChI=1S/C19H16ClF3NO/c1-3-11(2)14-10-24-17-8-7-12(9-13(14)17)25-18-15(19(21,22)23)5-4-6-16(18)20/h5-11,24H,3H2,1-2H3. The van der Waals surface area contributed by atoms with E-state index in [1.54, 1.807) is 18.2 Å². The van der Waals surface area contributed by atoms with Gasteiger partial charge in [-0.2, -0.15) is 13.2 Å². The van der Waals surface area contributed by atoms with Gasteiger partial charge in [0, 0.05) is 17.1 Å². The lowest BCUT2D eigenvalue weighted by Gasteiger charge is -2.15. The van der Waals surface area contributed by atoms with Crippen molar-refractivity contribution in [2.75, 3.05) is 0 Å². The molecule has 0 saturated carbocycles. The average molecular weight is 367 g/mol. The van der Waals surface area contributed by atoms with Crippen LogP contribution in [0.3, 0.4) is 0 Å². The summed E-state index contributed by atoms with van der Waals surface area (Å²) in [4.78, 5) is 3.17. The predicted molar refractivity (Wildman–Crippen MR) is 92.4 cm³/mol. The minimum Gasteiger partial charge on any atom is -0.455 e. The SMILES string of the molecule is CCC(C)c1c[nH]c2ccc(Oc3c(Cl)c[c]cc3C(F)(F)F)cc12. The summed E-state index contributed by atoms with van der Waals surface area (Å²) in [7, 11) is 0. The molecule has 3 aromatic rings. The van der Waals surface area contributed by atoms with Crippen molar-refractivity contribution in [3.05, 3.63) is 58.7 Å². The molecule has 1 N–H and O–H groups in total. The molecule has 0 fully saturated rings. The lowest BCUT2D eigenvalue weighted by Crippen LogP contribution is -2.07. The quantitative estimate of drug-likeness (QED) is 0.531. The van der Waals surface area contributed by atoms with Crippen LogP contribution in [0, 0.1) is 6.07 Å². The summed E-state index contributed by atoms with van der Waals surface area (Å²) in [5.74, 6) is 0.216. The molecular formula is C19H16ClF3NO. The second-order valence-electron chi connectivity index (χ2n) is 5.91. The number of aromatic nitrogens is 1. The zero-order chi connectivity index (χ0) is 18.2. The summed E-state index contributed by atoms with van der Waals surface area (Å²) in [6.45, 7) is 4.18. The summed E-state index contributed by atoms with van der Waals surface area (Å²) >= 11 is 5.92. The van der Waals surface area contributed by atoms with E-state index in [1.165, 1.54) is 6.07 Å². The maximum absolute atomic E-state index is 13.2. The van der Waals surface area contributed by atoms with Crippen LogP contribution in [0.25, 0.3) is 10.9 Å². The predicted octanol–water partition coefficient (Wildman–Crippen LogP) is 6.95. The third-order valence-corrected chi connectivity index (χ3v) is 4.53. The van der Waals surface area contributed by atoms with Crippen LogP contribution in [-0.2, 0) is 6.18 Å². The van der Waals surface area contributed by atoms with Crippen molar-refractivity contribution in [1.82, 2.24) is 4.98 Å². The molecule has 1 unspecified atom stereocenters. The van der Waals surface area contributed by atoms with Gasteiger partial charge in [0.15, 0.2) is 5.75 Å². The van der Waals surface area contributed by atoms with Gasteiger partial charge in [0.05, 0.1) is 5.02 Å². The number of halogens is 4. The van der Waals surface area contributed by atoms with Gasteiger partial charge in [-0.1, -0.05) is 25.4 Å². The van der Waals surface area contributed by atoms with Gasteiger partial charge >= 0.3 is 6.18 Å². The Kier molecular flexibility index (Phi) is 4.69. The van der Waals surface area contributed by atoms with E-state index in [4.69, 9.17) is 16.3 Å². The normalized spacial score (nSPS) is 13.2. The van der Waals surface area contributed by atoms with E-state index in [2.05, 4.69) is 24.9 Å². The molecule has 1 radical (unpaired) electrons. The summed E-state index contributed by atoms with van der Waals surface area (Å²) < 4.78 is 45.1. The van der Waals surface area contributed by atoms with Gasteiger partial charge in [-0.05, 0) is 54.3 Å². The number of benzene rings is 2. The number of rotatable bonds is 4. The first-order chi connectivity index (χ1) is 11.8. The zero-order valence-corrected chi connectivity index (χ0v) is 14.4. The van der Waals surface area contributed by atoms with Crippen molar-refractivity contribution in [3.8, 4) is 11.5 Å². The van der Waals surface area contributed by atoms with Crippen LogP contribution >= 0.6 is 11.6 Å². The van der Waals surface area contributed by atoms with E-state index in [-0.39, 0.29) is 5.02 Å². The highest BCUT2D eigenvalue weighted by molar-refractivity contribution is 6.32. The molecule has 2 aromatic carbocycles. The molecule has 131 valence electrons. The molecule has 0 saturated heterocycles. The first kappa shape index (κ1) is 17.7. The minimum absolute atomic E-state index is 0.133. The number of H-pyrrole nitrogens is 1. The Labute approximate surface area is 148 Å². The van der Waals surface area contributed by atoms with Gasteiger partial charge in [0.2, 0.25) is 0 Å². The molecule has 1 aromatic heterocycles. The van der Waals surface area contributed by atoms with Crippen molar-refractivity contribution < 1.29 is 17.9 Å². The fourth-order valence-electron chi connectivity index (χ4n) is 2.70. The van der Waals surface area contributed by atoms with Gasteiger partial charge in [0.25, 0.3) is 0 Å². The molecule has 6 heteroatoms. The van der Waals surface area contributed by atoms with Crippen LogP contribution in [0.15, 0.2) is 36.5 Å². The lowest BCUT2D eigenvalue weighted by atomic mass is 9.98. The van der Waals surface area contributed by atoms with E-state index < -0.39 is 17.5 Å². The monoisotopic (exact) mass is 366 g/mol. The van der Waals surface area contributed by atoms with E-state index >= 15 is 0 Å². The Bertz CT molecular complexity index is 901. The summed E-state index contributed by atoms with van der Waals surface area (Å²) in [6.07, 6.45) is -1.69. The Balaban J connectivity index is 2.05. The van der Waals surface area contributed by atoms with Crippen molar-refractivity contribution in [1.29, 1.82) is 0 Å². The van der Waals surface area contributed by atoms with Crippen LogP contribution in [0.5, 0.6) is 11.5 Å². The third-order valence-electron chi connectivity index (χ3n) is 4.25. The van der Waals surface area contributed by atoms with Crippen LogP contribution < -0.4 is 4.74 Å². The molecule has 0 aliphatic rings. The topological polar surface area (TPSA) is 25.0 Å². The lowest BCUT2D eigenvalue weighted by molar-refractivity contribution is -0.138. The minimum atomic E-state index is -4.57.